The van der Waals surface area contributed by atoms with Crippen molar-refractivity contribution in [3.05, 3.63) is 0 Å². The number of amides is 1. The van der Waals surface area contributed by atoms with E-state index in [1.54, 1.807) is 4.90 Å². The Morgan fingerprint density at radius 1 is 1.37 bits per heavy atom. The Morgan fingerprint density at radius 3 is 2.79 bits per heavy atom. The van der Waals surface area contributed by atoms with Crippen LogP contribution >= 0.6 is 0 Å². The van der Waals surface area contributed by atoms with Crippen LogP contribution < -0.4 is 5.32 Å². The smallest absolute Gasteiger partial charge is 0.410 e. The van der Waals surface area contributed by atoms with E-state index >= 15 is 0 Å². The highest BCUT2D eigenvalue weighted by atomic mass is 16.6. The molecule has 2 aliphatic heterocycles. The highest BCUT2D eigenvalue weighted by Crippen LogP contribution is 2.30. The van der Waals surface area contributed by atoms with Crippen LogP contribution in [0.1, 0.15) is 46.5 Å². The Hall–Kier alpha value is -0.810. The van der Waals surface area contributed by atoms with E-state index in [0.29, 0.717) is 6.54 Å². The molecule has 0 radical (unpaired) electrons. The highest BCUT2D eigenvalue weighted by molar-refractivity contribution is 5.68. The summed E-state index contributed by atoms with van der Waals surface area (Å²) >= 11 is 0. The minimum Gasteiger partial charge on any atom is -0.444 e. The van der Waals surface area contributed by atoms with Crippen molar-refractivity contribution in [3.8, 4) is 0 Å². The van der Waals surface area contributed by atoms with Gasteiger partial charge in [0.25, 0.3) is 0 Å². The molecule has 1 spiro atoms. The zero-order valence-electron chi connectivity index (χ0n) is 12.2. The van der Waals surface area contributed by atoms with Crippen LogP contribution in [0.25, 0.3) is 0 Å². The normalized spacial score (nSPS) is 32.4. The van der Waals surface area contributed by atoms with E-state index in [1.165, 1.54) is 0 Å². The van der Waals surface area contributed by atoms with Gasteiger partial charge >= 0.3 is 6.09 Å². The van der Waals surface area contributed by atoms with Crippen LogP contribution in [0.3, 0.4) is 0 Å². The van der Waals surface area contributed by atoms with Crippen LogP contribution in [0, 0.1) is 0 Å². The second kappa shape index (κ2) is 5.29. The standard InChI is InChI=1S/C14H26N2O3/c1-13(2,3)19-12(18)16-9-7-14(10-16)6-4-11(17)5-8-15-14/h11,15,17H,4-10H2,1-3H3. The zero-order chi connectivity index (χ0) is 14.1. The third-order valence-electron chi connectivity index (χ3n) is 3.94. The molecule has 2 aliphatic rings. The first-order valence-electron chi connectivity index (χ1n) is 7.21. The Kier molecular flexibility index (Phi) is 4.06. The molecule has 2 atom stereocenters. The predicted octanol–water partition coefficient (Wildman–Crippen LogP) is 1.50. The van der Waals surface area contributed by atoms with Crippen LogP contribution in [0.15, 0.2) is 0 Å². The molecule has 0 bridgehead atoms. The van der Waals surface area contributed by atoms with E-state index in [0.717, 1.165) is 38.8 Å². The fourth-order valence-electron chi connectivity index (χ4n) is 2.88. The van der Waals surface area contributed by atoms with Gasteiger partial charge in [-0.05, 0) is 53.0 Å². The molecule has 0 saturated carbocycles. The average Bonchev–Trinajstić information content (AvgIpc) is 2.60. The molecule has 5 nitrogen and oxygen atoms in total. The summed E-state index contributed by atoms with van der Waals surface area (Å²) in [4.78, 5) is 13.9. The number of nitrogens with one attached hydrogen (secondary N) is 1. The fraction of sp³-hybridized carbons (Fsp3) is 0.929. The maximum atomic E-state index is 12.1. The van der Waals surface area contributed by atoms with Gasteiger partial charge in [-0.3, -0.25) is 0 Å². The second-order valence-electron chi connectivity index (χ2n) is 6.84. The van der Waals surface area contributed by atoms with Crippen molar-refractivity contribution in [2.75, 3.05) is 19.6 Å². The van der Waals surface area contributed by atoms with Crippen LogP contribution in [-0.2, 0) is 4.74 Å². The molecular formula is C14H26N2O3. The Bertz CT molecular complexity index is 340. The topological polar surface area (TPSA) is 61.8 Å². The number of carbonyl (C=O) groups is 1. The van der Waals surface area contributed by atoms with E-state index in [4.69, 9.17) is 4.74 Å². The molecule has 2 saturated heterocycles. The highest BCUT2D eigenvalue weighted by Gasteiger charge is 2.41. The first-order chi connectivity index (χ1) is 8.80. The third-order valence-corrected chi connectivity index (χ3v) is 3.94. The van der Waals surface area contributed by atoms with E-state index in [2.05, 4.69) is 5.32 Å². The largest absolute Gasteiger partial charge is 0.444 e. The Balaban J connectivity index is 1.93. The number of hydrogen-bond acceptors (Lipinski definition) is 4. The Labute approximate surface area is 115 Å². The molecule has 2 rings (SSSR count). The third kappa shape index (κ3) is 3.83. The number of aliphatic hydroxyl groups is 1. The quantitative estimate of drug-likeness (QED) is 0.700. The lowest BCUT2D eigenvalue weighted by molar-refractivity contribution is 0.0279. The van der Waals surface area contributed by atoms with Gasteiger partial charge in [0.1, 0.15) is 5.60 Å². The molecule has 0 aromatic carbocycles. The minimum atomic E-state index is -0.445. The predicted molar refractivity (Wildman–Crippen MR) is 73.0 cm³/mol. The summed E-state index contributed by atoms with van der Waals surface area (Å²) in [6.07, 6.45) is 3.05. The molecule has 2 fully saturated rings. The molecule has 1 amide bonds. The monoisotopic (exact) mass is 270 g/mol. The molecule has 0 aliphatic carbocycles. The average molecular weight is 270 g/mol. The first kappa shape index (κ1) is 14.6. The van der Waals surface area contributed by atoms with Gasteiger partial charge < -0.3 is 20.1 Å². The maximum absolute atomic E-state index is 12.1. The van der Waals surface area contributed by atoms with Crippen molar-refractivity contribution in [2.24, 2.45) is 0 Å². The lowest BCUT2D eigenvalue weighted by Gasteiger charge is -2.30. The van der Waals surface area contributed by atoms with Crippen molar-refractivity contribution < 1.29 is 14.6 Å². The van der Waals surface area contributed by atoms with E-state index < -0.39 is 5.60 Å². The van der Waals surface area contributed by atoms with Crippen LogP contribution in [0.5, 0.6) is 0 Å². The zero-order valence-corrected chi connectivity index (χ0v) is 12.2. The molecule has 19 heavy (non-hydrogen) atoms. The lowest BCUT2D eigenvalue weighted by atomic mass is 9.92. The summed E-state index contributed by atoms with van der Waals surface area (Å²) in [7, 11) is 0. The second-order valence-corrected chi connectivity index (χ2v) is 6.84. The molecule has 0 aromatic heterocycles. The van der Waals surface area contributed by atoms with Crippen molar-refractivity contribution >= 4 is 6.09 Å². The SMILES string of the molecule is CC(C)(C)OC(=O)N1CCC2(CCC(O)CCN2)C1. The van der Waals surface area contributed by atoms with E-state index in [9.17, 15) is 9.90 Å². The number of likely N-dealkylation sites (tertiary alicyclic amines) is 1. The van der Waals surface area contributed by atoms with Gasteiger partial charge in [-0.1, -0.05) is 0 Å². The summed E-state index contributed by atoms with van der Waals surface area (Å²) in [5.74, 6) is 0. The number of hydrogen-bond donors (Lipinski definition) is 2. The Morgan fingerprint density at radius 2 is 2.11 bits per heavy atom. The fourth-order valence-corrected chi connectivity index (χ4v) is 2.88. The van der Waals surface area contributed by atoms with Crippen LogP contribution in [0.4, 0.5) is 4.79 Å². The molecule has 5 heteroatoms. The summed E-state index contributed by atoms with van der Waals surface area (Å²) < 4.78 is 5.42. The van der Waals surface area contributed by atoms with Crippen molar-refractivity contribution in [1.29, 1.82) is 0 Å². The number of ether oxygens (including phenoxy) is 1. The van der Waals surface area contributed by atoms with Crippen molar-refractivity contribution in [1.82, 2.24) is 10.2 Å². The number of nitrogens with zero attached hydrogens (tertiary/aromatic N) is 1. The van der Waals surface area contributed by atoms with Crippen LogP contribution in [-0.4, -0.2) is 53.0 Å². The molecule has 2 N–H and O–H groups in total. The van der Waals surface area contributed by atoms with Gasteiger partial charge in [0.2, 0.25) is 0 Å². The summed E-state index contributed by atoms with van der Waals surface area (Å²) in [6, 6.07) is 0. The van der Waals surface area contributed by atoms with Gasteiger partial charge in [-0.2, -0.15) is 0 Å². The van der Waals surface area contributed by atoms with Gasteiger partial charge in [0, 0.05) is 18.6 Å². The molecule has 0 aromatic rings. The maximum Gasteiger partial charge on any atom is 0.410 e. The molecule has 2 unspecified atom stereocenters. The molecular weight excluding hydrogens is 244 g/mol. The molecule has 110 valence electrons. The lowest BCUT2D eigenvalue weighted by Crippen LogP contribution is -2.48. The summed E-state index contributed by atoms with van der Waals surface area (Å²) in [6.45, 7) is 7.90. The first-order valence-corrected chi connectivity index (χ1v) is 7.21. The van der Waals surface area contributed by atoms with E-state index in [1.807, 2.05) is 20.8 Å². The summed E-state index contributed by atoms with van der Waals surface area (Å²) in [5, 5.41) is 13.2. The van der Waals surface area contributed by atoms with Gasteiger partial charge in [-0.25, -0.2) is 4.79 Å². The van der Waals surface area contributed by atoms with E-state index in [-0.39, 0.29) is 17.7 Å². The summed E-state index contributed by atoms with van der Waals surface area (Å²) in [5.41, 5.74) is -0.464. The number of rotatable bonds is 0. The minimum absolute atomic E-state index is 0.0195. The number of aliphatic hydroxyl groups excluding tert-OH is 1. The van der Waals surface area contributed by atoms with Gasteiger partial charge in [0.05, 0.1) is 6.10 Å². The van der Waals surface area contributed by atoms with Gasteiger partial charge in [0.15, 0.2) is 0 Å². The van der Waals surface area contributed by atoms with Crippen molar-refractivity contribution in [2.45, 2.75) is 63.7 Å². The van der Waals surface area contributed by atoms with Crippen LogP contribution in [0.2, 0.25) is 0 Å². The molecule has 2 heterocycles. The van der Waals surface area contributed by atoms with Gasteiger partial charge in [-0.15, -0.1) is 0 Å². The van der Waals surface area contributed by atoms with Crippen molar-refractivity contribution in [3.63, 3.8) is 0 Å². The number of carbonyl (C=O) groups excluding carboxylic acids is 1.